The summed E-state index contributed by atoms with van der Waals surface area (Å²) in [6.07, 6.45) is 2.90. The molecule has 3 aromatic rings. The second-order valence-electron chi connectivity index (χ2n) is 5.21. The first kappa shape index (κ1) is 16.8. The van der Waals surface area contributed by atoms with Crippen molar-refractivity contribution in [1.82, 2.24) is 14.8 Å². The summed E-state index contributed by atoms with van der Waals surface area (Å²) in [5, 5.41) is 17.8. The van der Waals surface area contributed by atoms with Crippen molar-refractivity contribution in [3.63, 3.8) is 0 Å². The number of carbonyl (C=O) groups excluding carboxylic acids is 1. The van der Waals surface area contributed by atoms with Crippen molar-refractivity contribution in [1.29, 1.82) is 0 Å². The first-order chi connectivity index (χ1) is 12.0. The molecule has 2 aromatic carbocycles. The van der Waals surface area contributed by atoms with E-state index >= 15 is 0 Å². The maximum absolute atomic E-state index is 12.6. The van der Waals surface area contributed by atoms with Crippen LogP contribution >= 0.6 is 15.9 Å². The molecular weight excluding hydrogens is 390 g/mol. The Balaban J connectivity index is 1.98. The van der Waals surface area contributed by atoms with E-state index in [1.807, 2.05) is 6.07 Å². The molecular formula is C16H12BrN5O3. The summed E-state index contributed by atoms with van der Waals surface area (Å²) in [7, 11) is 0. The van der Waals surface area contributed by atoms with Crippen LogP contribution in [0.25, 0.3) is 5.69 Å². The second-order valence-corrected chi connectivity index (χ2v) is 6.13. The monoisotopic (exact) mass is 401 g/mol. The molecule has 9 heteroatoms. The van der Waals surface area contributed by atoms with Gasteiger partial charge in [0.15, 0.2) is 0 Å². The molecule has 0 bridgehead atoms. The van der Waals surface area contributed by atoms with Gasteiger partial charge >= 0.3 is 0 Å². The predicted octanol–water partition coefficient (Wildman–Crippen LogP) is 3.50. The summed E-state index contributed by atoms with van der Waals surface area (Å²) in [5.74, 6) is -0.444. The third-order valence-electron chi connectivity index (χ3n) is 3.55. The zero-order valence-corrected chi connectivity index (χ0v) is 14.6. The van der Waals surface area contributed by atoms with Crippen molar-refractivity contribution in [3.8, 4) is 5.69 Å². The van der Waals surface area contributed by atoms with Crippen LogP contribution in [0.15, 0.2) is 53.5 Å². The van der Waals surface area contributed by atoms with Gasteiger partial charge in [-0.25, -0.2) is 9.67 Å². The van der Waals surface area contributed by atoms with E-state index in [1.54, 1.807) is 25.1 Å². The van der Waals surface area contributed by atoms with Crippen LogP contribution in [-0.4, -0.2) is 25.6 Å². The first-order valence-corrected chi connectivity index (χ1v) is 7.96. The maximum atomic E-state index is 12.6. The SMILES string of the molecule is Cc1ccc([N+](=O)[O-])cc1C(=O)Nc1cc(Br)ccc1-n1cncn1. The summed E-state index contributed by atoms with van der Waals surface area (Å²) in [6.45, 7) is 1.72. The molecule has 0 atom stereocenters. The van der Waals surface area contributed by atoms with Crippen molar-refractivity contribution in [2.24, 2.45) is 0 Å². The van der Waals surface area contributed by atoms with Gasteiger partial charge in [0.05, 0.1) is 16.3 Å². The molecule has 0 saturated carbocycles. The highest BCUT2D eigenvalue weighted by molar-refractivity contribution is 9.10. The lowest BCUT2D eigenvalue weighted by atomic mass is 10.1. The fraction of sp³-hybridized carbons (Fsp3) is 0.0625. The minimum absolute atomic E-state index is 0.138. The minimum atomic E-state index is -0.532. The molecule has 1 aromatic heterocycles. The van der Waals surface area contributed by atoms with Gasteiger partial charge in [-0.15, -0.1) is 0 Å². The largest absolute Gasteiger partial charge is 0.320 e. The molecule has 126 valence electrons. The number of hydrogen-bond acceptors (Lipinski definition) is 5. The van der Waals surface area contributed by atoms with Crippen LogP contribution in [0.3, 0.4) is 0 Å². The molecule has 3 rings (SSSR count). The Morgan fingerprint density at radius 2 is 2.08 bits per heavy atom. The van der Waals surface area contributed by atoms with E-state index in [-0.39, 0.29) is 11.3 Å². The number of nitro benzene ring substituents is 1. The Bertz CT molecular complexity index is 956. The number of nitrogens with one attached hydrogen (secondary N) is 1. The standard InChI is InChI=1S/C16H12BrN5O3/c1-10-2-4-12(22(24)25)7-13(10)16(23)20-14-6-11(17)3-5-15(14)21-9-18-8-19-21/h2-9H,1H3,(H,20,23). The van der Waals surface area contributed by atoms with Gasteiger partial charge in [0.2, 0.25) is 0 Å². The first-order valence-electron chi connectivity index (χ1n) is 7.16. The molecule has 0 unspecified atom stereocenters. The summed E-state index contributed by atoms with van der Waals surface area (Å²) >= 11 is 3.37. The molecule has 0 saturated heterocycles. The summed E-state index contributed by atoms with van der Waals surface area (Å²) < 4.78 is 2.28. The van der Waals surface area contributed by atoms with Crippen LogP contribution < -0.4 is 5.32 Å². The molecule has 0 aliphatic heterocycles. The number of amides is 1. The lowest BCUT2D eigenvalue weighted by Crippen LogP contribution is -2.15. The van der Waals surface area contributed by atoms with Crippen molar-refractivity contribution >= 4 is 33.2 Å². The Kier molecular flexibility index (Phi) is 4.57. The lowest BCUT2D eigenvalue weighted by molar-refractivity contribution is -0.384. The van der Waals surface area contributed by atoms with Gasteiger partial charge in [0, 0.05) is 22.2 Å². The molecule has 0 aliphatic carbocycles. The van der Waals surface area contributed by atoms with Crippen LogP contribution in [0.5, 0.6) is 0 Å². The molecule has 25 heavy (non-hydrogen) atoms. The van der Waals surface area contributed by atoms with Crippen molar-refractivity contribution < 1.29 is 9.72 Å². The molecule has 0 aliphatic rings. The molecule has 1 N–H and O–H groups in total. The molecule has 0 spiro atoms. The molecule has 1 amide bonds. The van der Waals surface area contributed by atoms with E-state index in [4.69, 9.17) is 0 Å². The normalized spacial score (nSPS) is 10.5. The zero-order valence-electron chi connectivity index (χ0n) is 13.0. The summed E-state index contributed by atoms with van der Waals surface area (Å²) in [6, 6.07) is 9.48. The number of aryl methyl sites for hydroxylation is 1. The highest BCUT2D eigenvalue weighted by Crippen LogP contribution is 2.26. The van der Waals surface area contributed by atoms with Crippen molar-refractivity contribution in [2.45, 2.75) is 6.92 Å². The number of halogens is 1. The molecule has 0 fully saturated rings. The van der Waals surface area contributed by atoms with Crippen molar-refractivity contribution in [3.05, 3.63) is 74.8 Å². The average Bonchev–Trinajstić information content (AvgIpc) is 3.09. The number of rotatable bonds is 4. The van der Waals surface area contributed by atoms with Crippen LogP contribution in [0.1, 0.15) is 15.9 Å². The van der Waals surface area contributed by atoms with Crippen LogP contribution in [-0.2, 0) is 0 Å². The highest BCUT2D eigenvalue weighted by Gasteiger charge is 2.17. The van der Waals surface area contributed by atoms with Gasteiger partial charge in [0.1, 0.15) is 12.7 Å². The molecule has 8 nitrogen and oxygen atoms in total. The Labute approximate surface area is 150 Å². The number of hydrogen-bond donors (Lipinski definition) is 1. The highest BCUT2D eigenvalue weighted by atomic mass is 79.9. The van der Waals surface area contributed by atoms with E-state index in [2.05, 4.69) is 31.3 Å². The lowest BCUT2D eigenvalue weighted by Gasteiger charge is -2.12. The minimum Gasteiger partial charge on any atom is -0.320 e. The van der Waals surface area contributed by atoms with Gasteiger partial charge < -0.3 is 5.32 Å². The third-order valence-corrected chi connectivity index (χ3v) is 4.04. The quantitative estimate of drug-likeness (QED) is 0.532. The van der Waals surface area contributed by atoms with Crippen LogP contribution in [0, 0.1) is 17.0 Å². The summed E-state index contributed by atoms with van der Waals surface area (Å²) in [4.78, 5) is 27.0. The topological polar surface area (TPSA) is 103 Å². The van der Waals surface area contributed by atoms with E-state index in [1.165, 1.54) is 29.5 Å². The number of non-ortho nitro benzene ring substituents is 1. The Morgan fingerprint density at radius 3 is 2.76 bits per heavy atom. The van der Waals surface area contributed by atoms with Gasteiger partial charge in [0.25, 0.3) is 11.6 Å². The van der Waals surface area contributed by atoms with E-state index in [0.717, 1.165) is 4.47 Å². The average molecular weight is 402 g/mol. The number of carbonyl (C=O) groups is 1. The number of aromatic nitrogens is 3. The van der Waals surface area contributed by atoms with Crippen LogP contribution in [0.2, 0.25) is 0 Å². The number of nitro groups is 1. The van der Waals surface area contributed by atoms with E-state index in [9.17, 15) is 14.9 Å². The number of nitrogens with zero attached hydrogens (tertiary/aromatic N) is 4. The molecule has 0 radical (unpaired) electrons. The summed E-state index contributed by atoms with van der Waals surface area (Å²) in [5.41, 5.74) is 1.86. The van der Waals surface area contributed by atoms with E-state index < -0.39 is 10.8 Å². The van der Waals surface area contributed by atoms with Gasteiger partial charge in [-0.1, -0.05) is 22.0 Å². The fourth-order valence-corrected chi connectivity index (χ4v) is 2.66. The smallest absolute Gasteiger partial charge is 0.270 e. The second kappa shape index (κ2) is 6.81. The van der Waals surface area contributed by atoms with Gasteiger partial charge in [-0.2, -0.15) is 5.10 Å². The van der Waals surface area contributed by atoms with Gasteiger partial charge in [-0.3, -0.25) is 14.9 Å². The van der Waals surface area contributed by atoms with Crippen LogP contribution in [0.4, 0.5) is 11.4 Å². The number of benzene rings is 2. The van der Waals surface area contributed by atoms with Gasteiger partial charge in [-0.05, 0) is 30.7 Å². The third kappa shape index (κ3) is 3.56. The zero-order chi connectivity index (χ0) is 18.0. The van der Waals surface area contributed by atoms with E-state index in [0.29, 0.717) is 16.9 Å². The number of anilines is 1. The maximum Gasteiger partial charge on any atom is 0.270 e. The fourth-order valence-electron chi connectivity index (χ4n) is 2.30. The Hall–Kier alpha value is -3.07. The Morgan fingerprint density at radius 1 is 1.28 bits per heavy atom. The van der Waals surface area contributed by atoms with Crippen molar-refractivity contribution in [2.75, 3.05) is 5.32 Å². The molecule has 1 heterocycles. The predicted molar refractivity (Wildman–Crippen MR) is 94.8 cm³/mol.